The Balaban J connectivity index is 1.35. The molecule has 0 atom stereocenters. The van der Waals surface area contributed by atoms with E-state index in [1.807, 2.05) is 25.1 Å². The van der Waals surface area contributed by atoms with Crippen molar-refractivity contribution in [2.75, 3.05) is 22.9 Å². The number of pyridine rings is 1. The number of nitrogens with zero attached hydrogens (tertiary/aromatic N) is 5. The van der Waals surface area contributed by atoms with Gasteiger partial charge in [0.1, 0.15) is 17.5 Å². The van der Waals surface area contributed by atoms with E-state index in [2.05, 4.69) is 25.6 Å². The zero-order chi connectivity index (χ0) is 29.6. The standard InChI is InChI=1S/C31H29FN8O2/c1-19-6-3-8-25-28(19)30(42)40(23-12-10-21(32)11-13-23)26(38-25)9-5-17-35-29-24(20(2)36-31(33)39-29)14-15-27(41)37-22-7-4-16-34-18-22/h3-4,6-8,10-16,18H,5,9,17H2,1-2H3,(H,37,41)(H3,33,35,36,39)/b15-14+. The molecule has 10 nitrogen and oxygen atoms in total. The molecule has 5 aromatic rings. The van der Waals surface area contributed by atoms with Crippen LogP contribution in [0.15, 0.2) is 77.9 Å². The Labute approximate surface area is 241 Å². The van der Waals surface area contributed by atoms with Crippen molar-refractivity contribution in [3.63, 3.8) is 0 Å². The number of aryl methyl sites for hydroxylation is 3. The number of aromatic nitrogens is 5. The maximum atomic E-state index is 13.7. The molecule has 0 aliphatic rings. The van der Waals surface area contributed by atoms with Gasteiger partial charge in [0.15, 0.2) is 0 Å². The second-order valence-corrected chi connectivity index (χ2v) is 9.64. The highest BCUT2D eigenvalue weighted by Gasteiger charge is 2.15. The van der Waals surface area contributed by atoms with Gasteiger partial charge in [-0.2, -0.15) is 4.98 Å². The molecule has 1 amide bonds. The van der Waals surface area contributed by atoms with Crippen molar-refractivity contribution >= 4 is 40.3 Å². The van der Waals surface area contributed by atoms with E-state index in [0.717, 1.165) is 5.56 Å². The molecule has 0 unspecified atom stereocenters. The van der Waals surface area contributed by atoms with E-state index in [9.17, 15) is 14.0 Å². The van der Waals surface area contributed by atoms with Crippen LogP contribution in [0.25, 0.3) is 22.7 Å². The highest BCUT2D eigenvalue weighted by atomic mass is 19.1. The molecule has 42 heavy (non-hydrogen) atoms. The average molecular weight is 565 g/mol. The van der Waals surface area contributed by atoms with Crippen molar-refractivity contribution in [3.8, 4) is 5.69 Å². The molecule has 5 rings (SSSR count). The number of amides is 1. The Hall–Kier alpha value is -5.45. The molecule has 0 radical (unpaired) electrons. The highest BCUT2D eigenvalue weighted by Crippen LogP contribution is 2.21. The Kier molecular flexibility index (Phi) is 8.28. The Bertz CT molecular complexity index is 1840. The fourth-order valence-corrected chi connectivity index (χ4v) is 4.64. The highest BCUT2D eigenvalue weighted by molar-refractivity contribution is 6.02. The number of rotatable bonds is 9. The van der Waals surface area contributed by atoms with Crippen LogP contribution in [0.3, 0.4) is 0 Å². The van der Waals surface area contributed by atoms with Gasteiger partial charge in [-0.05, 0) is 74.4 Å². The summed E-state index contributed by atoms with van der Waals surface area (Å²) in [4.78, 5) is 43.4. The minimum absolute atomic E-state index is 0.101. The summed E-state index contributed by atoms with van der Waals surface area (Å²) in [6, 6.07) is 14.8. The molecular weight excluding hydrogens is 535 g/mol. The van der Waals surface area contributed by atoms with E-state index in [0.29, 0.717) is 64.6 Å². The molecule has 0 fully saturated rings. The predicted octanol–water partition coefficient (Wildman–Crippen LogP) is 4.61. The molecule has 3 aromatic heterocycles. The minimum atomic E-state index is -0.388. The molecule has 11 heteroatoms. The first-order valence-electron chi connectivity index (χ1n) is 13.3. The number of nitrogens with one attached hydrogen (secondary N) is 2. The zero-order valence-corrected chi connectivity index (χ0v) is 23.1. The van der Waals surface area contributed by atoms with Crippen molar-refractivity contribution in [1.82, 2.24) is 24.5 Å². The lowest BCUT2D eigenvalue weighted by Gasteiger charge is -2.15. The van der Waals surface area contributed by atoms with Crippen molar-refractivity contribution < 1.29 is 9.18 Å². The number of nitrogen functional groups attached to an aromatic ring is 1. The number of fused-ring (bicyclic) bond motifs is 1. The number of anilines is 3. The van der Waals surface area contributed by atoms with Gasteiger partial charge in [0.05, 0.1) is 34.2 Å². The van der Waals surface area contributed by atoms with Gasteiger partial charge in [-0.15, -0.1) is 0 Å². The Morgan fingerprint density at radius 2 is 1.86 bits per heavy atom. The average Bonchev–Trinajstić information content (AvgIpc) is 2.96. The number of hydrogen-bond acceptors (Lipinski definition) is 8. The van der Waals surface area contributed by atoms with Crippen molar-refractivity contribution in [2.45, 2.75) is 26.7 Å². The summed E-state index contributed by atoms with van der Waals surface area (Å²) in [5.74, 6) is 0.409. The molecule has 0 bridgehead atoms. The lowest BCUT2D eigenvalue weighted by atomic mass is 10.1. The SMILES string of the molecule is Cc1nc(N)nc(NCCCc2nc3cccc(C)c3c(=O)n2-c2ccc(F)cc2)c1/C=C/C(=O)Nc1cccnc1. The van der Waals surface area contributed by atoms with Gasteiger partial charge in [-0.25, -0.2) is 14.4 Å². The molecule has 0 aliphatic carbocycles. The molecule has 2 aromatic carbocycles. The quantitative estimate of drug-likeness (QED) is 0.174. The first-order chi connectivity index (χ1) is 20.3. The van der Waals surface area contributed by atoms with Crippen LogP contribution in [-0.4, -0.2) is 37.0 Å². The van der Waals surface area contributed by atoms with E-state index in [1.165, 1.54) is 22.8 Å². The van der Waals surface area contributed by atoms with Crippen molar-refractivity contribution in [2.24, 2.45) is 0 Å². The topological polar surface area (TPSA) is 141 Å². The third kappa shape index (κ3) is 6.30. The summed E-state index contributed by atoms with van der Waals surface area (Å²) in [7, 11) is 0. The first kappa shape index (κ1) is 28.1. The third-order valence-corrected chi connectivity index (χ3v) is 6.61. The van der Waals surface area contributed by atoms with Crippen LogP contribution < -0.4 is 21.9 Å². The van der Waals surface area contributed by atoms with E-state index in [4.69, 9.17) is 10.7 Å². The predicted molar refractivity (Wildman–Crippen MR) is 162 cm³/mol. The van der Waals surface area contributed by atoms with E-state index < -0.39 is 0 Å². The molecule has 212 valence electrons. The molecule has 0 aliphatic heterocycles. The lowest BCUT2D eigenvalue weighted by molar-refractivity contribution is -0.111. The Morgan fingerprint density at radius 1 is 1.05 bits per heavy atom. The second-order valence-electron chi connectivity index (χ2n) is 9.64. The summed E-state index contributed by atoms with van der Waals surface area (Å²) >= 11 is 0. The van der Waals surface area contributed by atoms with Crippen LogP contribution >= 0.6 is 0 Å². The van der Waals surface area contributed by atoms with Crippen LogP contribution in [-0.2, 0) is 11.2 Å². The van der Waals surface area contributed by atoms with Gasteiger partial charge in [-0.3, -0.25) is 19.1 Å². The van der Waals surface area contributed by atoms with Crippen LogP contribution in [0.1, 0.15) is 29.1 Å². The number of halogens is 1. The Morgan fingerprint density at radius 3 is 2.62 bits per heavy atom. The van der Waals surface area contributed by atoms with Gasteiger partial charge in [0, 0.05) is 30.8 Å². The molecule has 4 N–H and O–H groups in total. The summed E-state index contributed by atoms with van der Waals surface area (Å²) in [6.45, 7) is 4.11. The molecular formula is C31H29FN8O2. The maximum Gasteiger partial charge on any atom is 0.266 e. The van der Waals surface area contributed by atoms with Crippen molar-refractivity contribution in [3.05, 3.63) is 112 Å². The summed E-state index contributed by atoms with van der Waals surface area (Å²) < 4.78 is 15.2. The fourth-order valence-electron chi connectivity index (χ4n) is 4.64. The zero-order valence-electron chi connectivity index (χ0n) is 23.1. The molecule has 3 heterocycles. The monoisotopic (exact) mass is 564 g/mol. The van der Waals surface area contributed by atoms with Crippen LogP contribution in [0.4, 0.5) is 21.8 Å². The van der Waals surface area contributed by atoms with Crippen molar-refractivity contribution in [1.29, 1.82) is 0 Å². The van der Waals surface area contributed by atoms with E-state index >= 15 is 0 Å². The lowest BCUT2D eigenvalue weighted by Crippen LogP contribution is -2.25. The fraction of sp³-hybridized carbons (Fsp3) is 0.161. The molecule has 0 spiro atoms. The van der Waals surface area contributed by atoms with Crippen LogP contribution in [0.2, 0.25) is 0 Å². The molecule has 0 saturated heterocycles. The summed E-state index contributed by atoms with van der Waals surface area (Å²) in [6.07, 6.45) is 7.22. The summed E-state index contributed by atoms with van der Waals surface area (Å²) in [5.41, 5.74) is 9.47. The van der Waals surface area contributed by atoms with Crippen LogP contribution in [0, 0.1) is 19.7 Å². The minimum Gasteiger partial charge on any atom is -0.369 e. The van der Waals surface area contributed by atoms with Gasteiger partial charge in [0.2, 0.25) is 11.9 Å². The van der Waals surface area contributed by atoms with E-state index in [-0.39, 0.29) is 23.2 Å². The first-order valence-corrected chi connectivity index (χ1v) is 13.3. The smallest absolute Gasteiger partial charge is 0.266 e. The van der Waals surface area contributed by atoms with Gasteiger partial charge in [0.25, 0.3) is 5.56 Å². The summed E-state index contributed by atoms with van der Waals surface area (Å²) in [5, 5.41) is 6.55. The number of hydrogen-bond donors (Lipinski definition) is 3. The van der Waals surface area contributed by atoms with E-state index in [1.54, 1.807) is 49.7 Å². The van der Waals surface area contributed by atoms with Gasteiger partial charge >= 0.3 is 0 Å². The van der Waals surface area contributed by atoms with Gasteiger partial charge < -0.3 is 16.4 Å². The van der Waals surface area contributed by atoms with Crippen LogP contribution in [0.5, 0.6) is 0 Å². The maximum absolute atomic E-state index is 13.7. The molecule has 0 saturated carbocycles. The number of nitrogens with two attached hydrogens (primary N) is 1. The number of carbonyl (C=O) groups excluding carboxylic acids is 1. The number of benzene rings is 2. The second kappa shape index (κ2) is 12.4. The van der Waals surface area contributed by atoms with Gasteiger partial charge in [-0.1, -0.05) is 12.1 Å². The third-order valence-electron chi connectivity index (χ3n) is 6.61. The normalized spacial score (nSPS) is 11.2. The number of carbonyl (C=O) groups is 1. The largest absolute Gasteiger partial charge is 0.369 e.